The lowest BCUT2D eigenvalue weighted by Gasteiger charge is -2.52. The molecule has 4 rings (SSSR count). The van der Waals surface area contributed by atoms with E-state index in [1.807, 2.05) is 22.7 Å². The van der Waals surface area contributed by atoms with Gasteiger partial charge in [0.15, 0.2) is 16.6 Å². The van der Waals surface area contributed by atoms with Gasteiger partial charge in [0.25, 0.3) is 0 Å². The molecule has 4 heterocycles. The normalized spacial score (nSPS) is 26.9. The Balaban J connectivity index is 1.66. The van der Waals surface area contributed by atoms with Gasteiger partial charge in [-0.3, -0.25) is 0 Å². The molecule has 6 atom stereocenters. The lowest BCUT2D eigenvalue weighted by atomic mass is 9.90. The second kappa shape index (κ2) is 12.5. The first-order chi connectivity index (χ1) is 18.8. The highest BCUT2D eigenvalue weighted by atomic mass is 79.9. The molecule has 2 saturated heterocycles. The van der Waals surface area contributed by atoms with Crippen LogP contribution in [0.15, 0.2) is 8.95 Å². The van der Waals surface area contributed by atoms with Gasteiger partial charge in [-0.25, -0.2) is 0 Å². The molecular formula is C32H52Br2O3S2Si2. The molecule has 2 fully saturated rings. The maximum atomic E-state index is 7.93. The summed E-state index contributed by atoms with van der Waals surface area (Å²) in [4.78, 5) is 5.61. The van der Waals surface area contributed by atoms with Gasteiger partial charge in [0, 0.05) is 53.5 Å². The third-order valence-electron chi connectivity index (χ3n) is 10.5. The van der Waals surface area contributed by atoms with E-state index in [1.54, 1.807) is 0 Å². The summed E-state index contributed by atoms with van der Waals surface area (Å²) in [6.45, 7) is 32.0. The van der Waals surface area contributed by atoms with E-state index in [2.05, 4.69) is 114 Å². The van der Waals surface area contributed by atoms with Crippen molar-refractivity contribution in [2.45, 2.75) is 116 Å². The molecule has 0 radical (unpaired) electrons. The fourth-order valence-corrected chi connectivity index (χ4v) is 22.0. The molecule has 0 bridgehead atoms. The van der Waals surface area contributed by atoms with E-state index in [0.29, 0.717) is 23.7 Å². The monoisotopic (exact) mass is 762 g/mol. The predicted octanol–water partition coefficient (Wildman–Crippen LogP) is 11.5. The number of halogens is 2. The van der Waals surface area contributed by atoms with E-state index in [-0.39, 0.29) is 10.1 Å². The van der Waals surface area contributed by atoms with Gasteiger partial charge in [0.05, 0.1) is 13.2 Å². The summed E-state index contributed by atoms with van der Waals surface area (Å²) in [6.07, 6.45) is 0. The summed E-state index contributed by atoms with van der Waals surface area (Å²) < 4.78 is 23.0. The number of aryl methyl sites for hydroxylation is 4. The fourth-order valence-electron chi connectivity index (χ4n) is 6.93. The van der Waals surface area contributed by atoms with Gasteiger partial charge in [-0.2, -0.15) is 0 Å². The van der Waals surface area contributed by atoms with Crippen LogP contribution in [0.3, 0.4) is 0 Å². The van der Waals surface area contributed by atoms with Gasteiger partial charge in [-0.1, -0.05) is 41.5 Å². The average molecular weight is 765 g/mol. The van der Waals surface area contributed by atoms with Crippen molar-refractivity contribution in [1.82, 2.24) is 0 Å². The van der Waals surface area contributed by atoms with Crippen LogP contribution in [0.5, 0.6) is 0 Å². The van der Waals surface area contributed by atoms with Crippen molar-refractivity contribution < 1.29 is 13.6 Å². The predicted molar refractivity (Wildman–Crippen MR) is 190 cm³/mol. The maximum Gasteiger partial charge on any atom is 0.182 e. The topological polar surface area (TPSA) is 27.7 Å². The highest BCUT2D eigenvalue weighted by Crippen LogP contribution is 2.54. The molecule has 232 valence electrons. The van der Waals surface area contributed by atoms with Gasteiger partial charge >= 0.3 is 0 Å². The molecule has 0 amide bonds. The Kier molecular flexibility index (Phi) is 10.5. The second-order valence-corrected chi connectivity index (χ2v) is 29.2. The highest BCUT2D eigenvalue weighted by molar-refractivity contribution is 9.11. The zero-order chi connectivity index (χ0) is 30.7. The minimum absolute atomic E-state index is 0.117. The first kappa shape index (κ1) is 34.5. The van der Waals surface area contributed by atoms with Crippen molar-refractivity contribution in [2.24, 2.45) is 11.8 Å². The number of ether oxygens (including phenoxy) is 2. The Morgan fingerprint density at radius 3 is 1.27 bits per heavy atom. The van der Waals surface area contributed by atoms with Crippen molar-refractivity contribution >= 4 is 71.2 Å². The molecule has 2 aliphatic heterocycles. The van der Waals surface area contributed by atoms with Gasteiger partial charge in [0.2, 0.25) is 0 Å². The van der Waals surface area contributed by atoms with Gasteiger partial charge in [-0.05, 0) is 118 Å². The largest absolute Gasteiger partial charge is 0.454 e. The third-order valence-corrected chi connectivity index (χ3v) is 27.7. The minimum atomic E-state index is -2.23. The first-order valence-electron chi connectivity index (χ1n) is 15.2. The van der Waals surface area contributed by atoms with Gasteiger partial charge in [0.1, 0.15) is 0 Å². The molecule has 0 spiro atoms. The smallest absolute Gasteiger partial charge is 0.182 e. The Hall–Kier alpha value is 0.674. The second-order valence-electron chi connectivity index (χ2n) is 15.2. The average Bonchev–Trinajstić information content (AvgIpc) is 3.57. The van der Waals surface area contributed by atoms with Crippen LogP contribution in [0.1, 0.15) is 84.0 Å². The zero-order valence-corrected chi connectivity index (χ0v) is 34.2. The van der Waals surface area contributed by atoms with E-state index < -0.39 is 16.6 Å². The van der Waals surface area contributed by atoms with Crippen molar-refractivity contribution in [2.75, 3.05) is 26.4 Å². The fraction of sp³-hybridized carbons (Fsp3) is 0.750. The van der Waals surface area contributed by atoms with Gasteiger partial charge < -0.3 is 13.6 Å². The summed E-state index contributed by atoms with van der Waals surface area (Å²) in [7, 11) is -4.47. The molecule has 2 unspecified atom stereocenters. The van der Waals surface area contributed by atoms with E-state index in [1.165, 1.54) is 39.6 Å². The quantitative estimate of drug-likeness (QED) is 0.251. The van der Waals surface area contributed by atoms with Crippen LogP contribution >= 0.6 is 54.5 Å². The zero-order valence-electron chi connectivity index (χ0n) is 27.3. The van der Waals surface area contributed by atoms with E-state index >= 15 is 0 Å². The summed E-state index contributed by atoms with van der Waals surface area (Å²) in [5, 5.41) is 0.234. The Labute approximate surface area is 277 Å². The van der Waals surface area contributed by atoms with Crippen LogP contribution in [-0.4, -0.2) is 43.1 Å². The lowest BCUT2D eigenvalue weighted by Crippen LogP contribution is -2.58. The van der Waals surface area contributed by atoms with Crippen LogP contribution in [0.2, 0.25) is 35.3 Å². The summed E-state index contributed by atoms with van der Waals surface area (Å²) in [6, 6.07) is 2.28. The van der Waals surface area contributed by atoms with E-state index in [0.717, 1.165) is 38.5 Å². The SMILES string of the molecule is Cc1sc(C)c([C@H]2COC[C@@H]2C[Si](C)(O[Si](C)(C[C@H]2COC[C@@H]2c2c(C)sc(C)c2Br)C(C)(C)C)C(C)(C)C)c1Br. The minimum Gasteiger partial charge on any atom is -0.454 e. The van der Waals surface area contributed by atoms with Crippen molar-refractivity contribution in [1.29, 1.82) is 0 Å². The van der Waals surface area contributed by atoms with Crippen LogP contribution in [0.4, 0.5) is 0 Å². The van der Waals surface area contributed by atoms with Gasteiger partial charge in [-0.15, -0.1) is 22.7 Å². The Morgan fingerprint density at radius 2 is 1.00 bits per heavy atom. The van der Waals surface area contributed by atoms with Crippen LogP contribution in [0.25, 0.3) is 0 Å². The Morgan fingerprint density at radius 1 is 0.659 bits per heavy atom. The highest BCUT2D eigenvalue weighted by Gasteiger charge is 2.55. The third kappa shape index (κ3) is 6.79. The summed E-state index contributed by atoms with van der Waals surface area (Å²) in [5.41, 5.74) is 2.96. The van der Waals surface area contributed by atoms with E-state index in [9.17, 15) is 0 Å². The van der Waals surface area contributed by atoms with Crippen LogP contribution in [0, 0.1) is 39.5 Å². The molecule has 0 aliphatic carbocycles. The number of hydrogen-bond donors (Lipinski definition) is 0. The summed E-state index contributed by atoms with van der Waals surface area (Å²) in [5.74, 6) is 1.85. The number of hydrogen-bond acceptors (Lipinski definition) is 5. The molecule has 0 saturated carbocycles. The molecule has 2 aliphatic rings. The Bertz CT molecular complexity index is 1150. The molecular weight excluding hydrogens is 712 g/mol. The van der Waals surface area contributed by atoms with Crippen molar-refractivity contribution in [3.8, 4) is 0 Å². The van der Waals surface area contributed by atoms with Crippen molar-refractivity contribution in [3.05, 3.63) is 39.6 Å². The maximum absolute atomic E-state index is 7.93. The van der Waals surface area contributed by atoms with Crippen LogP contribution < -0.4 is 0 Å². The number of rotatable bonds is 8. The number of thiophene rings is 2. The molecule has 3 nitrogen and oxygen atoms in total. The molecule has 0 N–H and O–H groups in total. The summed E-state index contributed by atoms with van der Waals surface area (Å²) >= 11 is 11.7. The van der Waals surface area contributed by atoms with Crippen LogP contribution in [-0.2, 0) is 13.6 Å². The lowest BCUT2D eigenvalue weighted by molar-refractivity contribution is 0.184. The molecule has 2 aromatic heterocycles. The standard InChI is InChI=1S/C32H52Br2O3S2Si2/c1-19-27(29(33)21(3)38-19)25-15-35-13-23(25)17-40(11,31(5,6)7)37-41(12,32(8,9)10)18-24-14-36-16-26(24)28-20(2)39-22(4)30(28)34/h23-26H,13-18H2,1-12H3/t23-,24-,25+,26+,40?,41?/m1/s1. The molecule has 2 aromatic rings. The molecule has 0 aromatic carbocycles. The van der Waals surface area contributed by atoms with E-state index in [4.69, 9.17) is 13.6 Å². The van der Waals surface area contributed by atoms with Crippen molar-refractivity contribution in [3.63, 3.8) is 0 Å². The first-order valence-corrected chi connectivity index (χ1v) is 23.6. The molecule has 9 heteroatoms. The molecule has 41 heavy (non-hydrogen) atoms.